The lowest BCUT2D eigenvalue weighted by molar-refractivity contribution is -0.234. The average Bonchev–Trinajstić information content (AvgIpc) is 2.97. The molecular formula is C16H26O2. The SMILES string of the molecule is CC1(C)C[C@@H]2C[C@H]3CCC4(OCCO4)[C@@]3(C)[C@@H]2C1. The van der Waals surface area contributed by atoms with Crippen LogP contribution in [0.4, 0.5) is 0 Å². The molecule has 18 heavy (non-hydrogen) atoms. The van der Waals surface area contributed by atoms with Crippen LogP contribution in [0.25, 0.3) is 0 Å². The van der Waals surface area contributed by atoms with Crippen molar-refractivity contribution in [2.24, 2.45) is 28.6 Å². The van der Waals surface area contributed by atoms with Gasteiger partial charge in [0.15, 0.2) is 5.79 Å². The normalized spacial score (nSPS) is 51.8. The highest BCUT2D eigenvalue weighted by Crippen LogP contribution is 2.71. The molecule has 102 valence electrons. The van der Waals surface area contributed by atoms with E-state index in [0.29, 0.717) is 10.8 Å². The third kappa shape index (κ3) is 1.22. The third-order valence-corrected chi connectivity index (χ3v) is 6.76. The van der Waals surface area contributed by atoms with Crippen molar-refractivity contribution in [2.75, 3.05) is 13.2 Å². The highest BCUT2D eigenvalue weighted by Gasteiger charge is 2.70. The Morgan fingerprint density at radius 1 is 1.00 bits per heavy atom. The van der Waals surface area contributed by atoms with Crippen LogP contribution < -0.4 is 0 Å². The van der Waals surface area contributed by atoms with Gasteiger partial charge >= 0.3 is 0 Å². The molecule has 0 bridgehead atoms. The topological polar surface area (TPSA) is 18.5 Å². The molecule has 0 radical (unpaired) electrons. The standard InChI is InChI=1S/C16H26O2/c1-14(2)9-11-8-12-4-5-16(17-6-7-18-16)15(12,3)13(11)10-14/h11-13H,4-10H2,1-3H3/t11-,12+,13+,15+/m0/s1. The van der Waals surface area contributed by atoms with E-state index in [1.54, 1.807) is 0 Å². The maximum atomic E-state index is 6.17. The third-order valence-electron chi connectivity index (χ3n) is 6.76. The minimum Gasteiger partial charge on any atom is -0.347 e. The summed E-state index contributed by atoms with van der Waals surface area (Å²) in [6.07, 6.45) is 6.68. The molecule has 0 aromatic rings. The lowest BCUT2D eigenvalue weighted by atomic mass is 9.69. The van der Waals surface area contributed by atoms with Crippen LogP contribution in [-0.2, 0) is 9.47 Å². The summed E-state index contributed by atoms with van der Waals surface area (Å²) < 4.78 is 12.3. The van der Waals surface area contributed by atoms with Crippen LogP contribution in [0, 0.1) is 28.6 Å². The molecular weight excluding hydrogens is 224 g/mol. The number of fused-ring (bicyclic) bond motifs is 4. The van der Waals surface area contributed by atoms with Crippen molar-refractivity contribution in [1.82, 2.24) is 0 Å². The van der Waals surface area contributed by atoms with E-state index in [1.807, 2.05) is 0 Å². The summed E-state index contributed by atoms with van der Waals surface area (Å²) in [4.78, 5) is 0. The van der Waals surface area contributed by atoms with Gasteiger partial charge in [-0.25, -0.2) is 0 Å². The van der Waals surface area contributed by atoms with Gasteiger partial charge in [-0.2, -0.15) is 0 Å². The average molecular weight is 250 g/mol. The summed E-state index contributed by atoms with van der Waals surface area (Å²) in [6.45, 7) is 9.00. The van der Waals surface area contributed by atoms with Crippen molar-refractivity contribution >= 4 is 0 Å². The van der Waals surface area contributed by atoms with Crippen LogP contribution in [0.1, 0.15) is 52.9 Å². The Bertz CT molecular complexity index is 369. The van der Waals surface area contributed by atoms with Crippen LogP contribution in [0.2, 0.25) is 0 Å². The first kappa shape index (κ1) is 11.7. The molecule has 3 saturated carbocycles. The lowest BCUT2D eigenvalue weighted by Gasteiger charge is -2.44. The Balaban J connectivity index is 1.73. The summed E-state index contributed by atoms with van der Waals surface area (Å²) in [6, 6.07) is 0. The Morgan fingerprint density at radius 2 is 1.72 bits per heavy atom. The van der Waals surface area contributed by atoms with E-state index < -0.39 is 0 Å². The second-order valence-corrected chi connectivity index (χ2v) is 8.14. The van der Waals surface area contributed by atoms with Gasteiger partial charge in [-0.15, -0.1) is 0 Å². The first-order valence-corrected chi connectivity index (χ1v) is 7.75. The van der Waals surface area contributed by atoms with Crippen LogP contribution in [0.5, 0.6) is 0 Å². The Kier molecular flexibility index (Phi) is 2.16. The van der Waals surface area contributed by atoms with E-state index in [0.717, 1.165) is 37.4 Å². The molecule has 4 atom stereocenters. The van der Waals surface area contributed by atoms with Crippen LogP contribution >= 0.6 is 0 Å². The van der Waals surface area contributed by atoms with Gasteiger partial charge in [0.05, 0.1) is 13.2 Å². The molecule has 1 saturated heterocycles. The summed E-state index contributed by atoms with van der Waals surface area (Å²) >= 11 is 0. The molecule has 2 nitrogen and oxygen atoms in total. The van der Waals surface area contributed by atoms with Gasteiger partial charge < -0.3 is 9.47 Å². The predicted molar refractivity (Wildman–Crippen MR) is 70.1 cm³/mol. The summed E-state index contributed by atoms with van der Waals surface area (Å²) in [7, 11) is 0. The molecule has 0 amide bonds. The first-order chi connectivity index (χ1) is 8.47. The van der Waals surface area contributed by atoms with Crippen LogP contribution in [-0.4, -0.2) is 19.0 Å². The molecule has 0 N–H and O–H groups in total. The molecule has 2 heteroatoms. The number of ether oxygens (including phenoxy) is 2. The second kappa shape index (κ2) is 3.32. The van der Waals surface area contributed by atoms with Gasteiger partial charge in [0.2, 0.25) is 0 Å². The van der Waals surface area contributed by atoms with Crippen molar-refractivity contribution in [3.8, 4) is 0 Å². The number of hydrogen-bond donors (Lipinski definition) is 0. The van der Waals surface area contributed by atoms with E-state index in [-0.39, 0.29) is 5.79 Å². The van der Waals surface area contributed by atoms with Gasteiger partial charge in [-0.3, -0.25) is 0 Å². The first-order valence-electron chi connectivity index (χ1n) is 7.75. The molecule has 1 heterocycles. The Labute approximate surface area is 110 Å². The zero-order valence-corrected chi connectivity index (χ0v) is 12.0. The highest BCUT2D eigenvalue weighted by atomic mass is 16.7. The van der Waals surface area contributed by atoms with Crippen LogP contribution in [0.3, 0.4) is 0 Å². The van der Waals surface area contributed by atoms with Gasteiger partial charge in [0, 0.05) is 11.8 Å². The zero-order chi connectivity index (χ0) is 12.6. The molecule has 4 fully saturated rings. The van der Waals surface area contributed by atoms with Gasteiger partial charge in [0.25, 0.3) is 0 Å². The van der Waals surface area contributed by atoms with E-state index >= 15 is 0 Å². The Hall–Kier alpha value is -0.0800. The minimum atomic E-state index is -0.211. The van der Waals surface area contributed by atoms with Crippen molar-refractivity contribution < 1.29 is 9.47 Å². The van der Waals surface area contributed by atoms with E-state index in [4.69, 9.17) is 9.47 Å². The van der Waals surface area contributed by atoms with Crippen molar-refractivity contribution in [1.29, 1.82) is 0 Å². The summed E-state index contributed by atoms with van der Waals surface area (Å²) in [5.41, 5.74) is 0.827. The number of hydrogen-bond acceptors (Lipinski definition) is 2. The monoisotopic (exact) mass is 250 g/mol. The smallest absolute Gasteiger partial charge is 0.174 e. The quantitative estimate of drug-likeness (QED) is 0.654. The van der Waals surface area contributed by atoms with E-state index in [1.165, 1.54) is 25.7 Å². The number of rotatable bonds is 0. The van der Waals surface area contributed by atoms with Gasteiger partial charge in [-0.05, 0) is 48.9 Å². The fourth-order valence-electron chi connectivity index (χ4n) is 6.11. The Morgan fingerprint density at radius 3 is 2.44 bits per heavy atom. The second-order valence-electron chi connectivity index (χ2n) is 8.14. The lowest BCUT2D eigenvalue weighted by Crippen LogP contribution is -2.48. The molecule has 0 unspecified atom stereocenters. The summed E-state index contributed by atoms with van der Waals surface area (Å²) in [5, 5.41) is 0. The zero-order valence-electron chi connectivity index (χ0n) is 12.0. The van der Waals surface area contributed by atoms with Gasteiger partial charge in [-0.1, -0.05) is 20.8 Å². The molecule has 4 rings (SSSR count). The van der Waals surface area contributed by atoms with Gasteiger partial charge in [0.1, 0.15) is 0 Å². The highest BCUT2D eigenvalue weighted by molar-refractivity contribution is 5.15. The van der Waals surface area contributed by atoms with E-state index in [2.05, 4.69) is 20.8 Å². The minimum absolute atomic E-state index is 0.211. The maximum absolute atomic E-state index is 6.17. The van der Waals surface area contributed by atoms with Crippen LogP contribution in [0.15, 0.2) is 0 Å². The maximum Gasteiger partial charge on any atom is 0.174 e. The fourth-order valence-corrected chi connectivity index (χ4v) is 6.11. The van der Waals surface area contributed by atoms with Crippen molar-refractivity contribution in [2.45, 2.75) is 58.7 Å². The summed E-state index contributed by atoms with van der Waals surface area (Å²) in [5.74, 6) is 2.40. The fraction of sp³-hybridized carbons (Fsp3) is 1.00. The molecule has 1 spiro atoms. The molecule has 1 aliphatic heterocycles. The van der Waals surface area contributed by atoms with Crippen molar-refractivity contribution in [3.63, 3.8) is 0 Å². The van der Waals surface area contributed by atoms with Crippen molar-refractivity contribution in [3.05, 3.63) is 0 Å². The molecule has 3 aliphatic carbocycles. The van der Waals surface area contributed by atoms with E-state index in [9.17, 15) is 0 Å². The molecule has 4 aliphatic rings. The molecule has 0 aromatic heterocycles. The predicted octanol–water partition coefficient (Wildman–Crippen LogP) is 3.60. The molecule has 0 aromatic carbocycles. The largest absolute Gasteiger partial charge is 0.347 e.